The van der Waals surface area contributed by atoms with Crippen molar-refractivity contribution in [3.05, 3.63) is 60.9 Å². The van der Waals surface area contributed by atoms with Crippen LogP contribution in [0.25, 0.3) is 11.3 Å². The smallest absolute Gasteiger partial charge is 0.299 e. The van der Waals surface area contributed by atoms with Crippen LogP contribution in [-0.4, -0.2) is 9.97 Å². The van der Waals surface area contributed by atoms with E-state index in [0.717, 1.165) is 5.56 Å². The molecular weight excluding hydrogens is 245 g/mol. The maximum atomic E-state index is 12.8. The number of aromatic nitrogens is 2. The van der Waals surface area contributed by atoms with Crippen molar-refractivity contribution in [2.75, 3.05) is 5.32 Å². The van der Waals surface area contributed by atoms with Crippen molar-refractivity contribution in [1.29, 1.82) is 0 Å². The molecule has 1 aromatic carbocycles. The predicted molar refractivity (Wildman–Crippen MR) is 69.4 cm³/mol. The lowest BCUT2D eigenvalue weighted by Crippen LogP contribution is -1.90. The molecule has 5 heteroatoms. The minimum atomic E-state index is -0.283. The summed E-state index contributed by atoms with van der Waals surface area (Å²) in [5.41, 5.74) is 2.28. The number of nitrogens with zero attached hydrogens (tertiary/aromatic N) is 2. The monoisotopic (exact) mass is 255 g/mol. The number of anilines is 2. The number of rotatable bonds is 3. The molecule has 0 saturated carbocycles. The zero-order valence-corrected chi connectivity index (χ0v) is 9.88. The molecule has 0 bridgehead atoms. The molecular formula is C14H10FN3O. The van der Waals surface area contributed by atoms with Crippen molar-refractivity contribution < 1.29 is 8.81 Å². The summed E-state index contributed by atoms with van der Waals surface area (Å²) >= 11 is 0. The van der Waals surface area contributed by atoms with Crippen LogP contribution in [0.3, 0.4) is 0 Å². The van der Waals surface area contributed by atoms with Crippen molar-refractivity contribution >= 4 is 11.7 Å². The zero-order valence-electron chi connectivity index (χ0n) is 9.88. The van der Waals surface area contributed by atoms with Gasteiger partial charge >= 0.3 is 0 Å². The molecule has 0 spiro atoms. The first-order valence-corrected chi connectivity index (χ1v) is 5.70. The van der Waals surface area contributed by atoms with E-state index in [2.05, 4.69) is 15.3 Å². The van der Waals surface area contributed by atoms with Crippen molar-refractivity contribution in [2.24, 2.45) is 0 Å². The average Bonchev–Trinajstić information content (AvgIpc) is 2.91. The lowest BCUT2D eigenvalue weighted by Gasteiger charge is -2.00. The third kappa shape index (κ3) is 2.60. The van der Waals surface area contributed by atoms with Crippen LogP contribution in [0.15, 0.2) is 59.5 Å². The standard InChI is InChI=1S/C14H10FN3O/c15-11-3-5-12(6-4-11)17-14-18-13(9-19-14)10-2-1-7-16-8-10/h1-9H,(H,17,18). The highest BCUT2D eigenvalue weighted by Crippen LogP contribution is 2.22. The van der Waals surface area contributed by atoms with Gasteiger partial charge in [0, 0.05) is 23.6 Å². The molecule has 0 fully saturated rings. The van der Waals surface area contributed by atoms with Gasteiger partial charge in [0.15, 0.2) is 0 Å². The second-order valence-electron chi connectivity index (χ2n) is 3.91. The van der Waals surface area contributed by atoms with Crippen molar-refractivity contribution in [3.63, 3.8) is 0 Å². The number of benzene rings is 1. The minimum absolute atomic E-state index is 0.283. The van der Waals surface area contributed by atoms with Gasteiger partial charge in [-0.2, -0.15) is 4.98 Å². The van der Waals surface area contributed by atoms with Crippen LogP contribution in [0.5, 0.6) is 0 Å². The van der Waals surface area contributed by atoms with Crippen LogP contribution in [0.1, 0.15) is 0 Å². The first-order valence-electron chi connectivity index (χ1n) is 5.70. The Balaban J connectivity index is 1.80. The van der Waals surface area contributed by atoms with E-state index in [1.165, 1.54) is 12.1 Å². The second kappa shape index (κ2) is 4.89. The molecule has 1 N–H and O–H groups in total. The van der Waals surface area contributed by atoms with Crippen molar-refractivity contribution in [2.45, 2.75) is 0 Å². The Bertz CT molecular complexity index is 665. The molecule has 3 aromatic rings. The number of hydrogen-bond acceptors (Lipinski definition) is 4. The molecule has 0 radical (unpaired) electrons. The van der Waals surface area contributed by atoms with Gasteiger partial charge in [0.05, 0.1) is 0 Å². The van der Waals surface area contributed by atoms with E-state index in [-0.39, 0.29) is 5.82 Å². The highest BCUT2D eigenvalue weighted by Gasteiger charge is 2.06. The average molecular weight is 255 g/mol. The number of halogens is 1. The summed E-state index contributed by atoms with van der Waals surface area (Å²) in [7, 11) is 0. The van der Waals surface area contributed by atoms with E-state index >= 15 is 0 Å². The molecule has 0 aliphatic heterocycles. The van der Waals surface area contributed by atoms with Gasteiger partial charge in [-0.1, -0.05) is 0 Å². The molecule has 19 heavy (non-hydrogen) atoms. The fourth-order valence-corrected chi connectivity index (χ4v) is 1.63. The Morgan fingerprint density at radius 2 is 1.95 bits per heavy atom. The first kappa shape index (κ1) is 11.4. The van der Waals surface area contributed by atoms with E-state index in [0.29, 0.717) is 17.4 Å². The van der Waals surface area contributed by atoms with Crippen LogP contribution < -0.4 is 5.32 Å². The van der Waals surface area contributed by atoms with E-state index in [9.17, 15) is 4.39 Å². The third-order valence-electron chi connectivity index (χ3n) is 2.56. The van der Waals surface area contributed by atoms with Gasteiger partial charge < -0.3 is 9.73 Å². The molecule has 2 aromatic heterocycles. The molecule has 0 amide bonds. The molecule has 4 nitrogen and oxygen atoms in total. The lowest BCUT2D eigenvalue weighted by molar-refractivity contribution is 0.578. The van der Waals surface area contributed by atoms with E-state index in [1.807, 2.05) is 12.1 Å². The summed E-state index contributed by atoms with van der Waals surface area (Å²) in [6, 6.07) is 10.0. The fraction of sp³-hybridized carbons (Fsp3) is 0. The molecule has 0 atom stereocenters. The molecule has 0 unspecified atom stereocenters. The van der Waals surface area contributed by atoms with Crippen LogP contribution >= 0.6 is 0 Å². The molecule has 94 valence electrons. The molecule has 0 aliphatic rings. The predicted octanol–water partition coefficient (Wildman–Crippen LogP) is 3.62. The topological polar surface area (TPSA) is 51.0 Å². The van der Waals surface area contributed by atoms with Gasteiger partial charge in [0.25, 0.3) is 6.01 Å². The highest BCUT2D eigenvalue weighted by molar-refractivity contribution is 5.60. The Morgan fingerprint density at radius 3 is 2.68 bits per heavy atom. The van der Waals surface area contributed by atoms with Crippen LogP contribution in [-0.2, 0) is 0 Å². The van der Waals surface area contributed by atoms with Crippen LogP contribution in [0.4, 0.5) is 16.1 Å². The molecule has 0 saturated heterocycles. The van der Waals surface area contributed by atoms with Crippen LogP contribution in [0, 0.1) is 5.82 Å². The Labute approximate surface area is 108 Å². The fourth-order valence-electron chi connectivity index (χ4n) is 1.63. The third-order valence-corrected chi connectivity index (χ3v) is 2.56. The molecule has 2 heterocycles. The summed E-state index contributed by atoms with van der Waals surface area (Å²) in [5, 5.41) is 2.96. The van der Waals surface area contributed by atoms with Crippen molar-refractivity contribution in [3.8, 4) is 11.3 Å². The Kier molecular flexibility index (Phi) is 2.94. The second-order valence-corrected chi connectivity index (χ2v) is 3.91. The zero-order chi connectivity index (χ0) is 13.1. The van der Waals surface area contributed by atoms with E-state index in [4.69, 9.17) is 4.42 Å². The maximum absolute atomic E-state index is 12.8. The normalized spacial score (nSPS) is 10.4. The van der Waals surface area contributed by atoms with Gasteiger partial charge in [0.2, 0.25) is 0 Å². The summed E-state index contributed by atoms with van der Waals surface area (Å²) in [6.07, 6.45) is 4.95. The SMILES string of the molecule is Fc1ccc(Nc2nc(-c3cccnc3)co2)cc1. The van der Waals surface area contributed by atoms with Gasteiger partial charge in [-0.3, -0.25) is 4.98 Å². The summed E-state index contributed by atoms with van der Waals surface area (Å²) < 4.78 is 18.1. The van der Waals surface area contributed by atoms with E-state index in [1.54, 1.807) is 30.8 Å². The van der Waals surface area contributed by atoms with E-state index < -0.39 is 0 Å². The molecule has 0 aliphatic carbocycles. The van der Waals surface area contributed by atoms with Gasteiger partial charge in [-0.05, 0) is 36.4 Å². The highest BCUT2D eigenvalue weighted by atomic mass is 19.1. The summed E-state index contributed by atoms with van der Waals surface area (Å²) in [6.45, 7) is 0. The largest absolute Gasteiger partial charge is 0.431 e. The number of nitrogens with one attached hydrogen (secondary N) is 1. The van der Waals surface area contributed by atoms with Gasteiger partial charge in [-0.15, -0.1) is 0 Å². The van der Waals surface area contributed by atoms with Gasteiger partial charge in [-0.25, -0.2) is 4.39 Å². The number of oxazole rings is 1. The van der Waals surface area contributed by atoms with Gasteiger partial charge in [0.1, 0.15) is 17.8 Å². The Morgan fingerprint density at radius 1 is 1.11 bits per heavy atom. The minimum Gasteiger partial charge on any atom is -0.431 e. The molecule has 3 rings (SSSR count). The first-order chi connectivity index (χ1) is 9.31. The Hall–Kier alpha value is -2.69. The lowest BCUT2D eigenvalue weighted by atomic mass is 10.2. The quantitative estimate of drug-likeness (QED) is 0.776. The van der Waals surface area contributed by atoms with Crippen molar-refractivity contribution in [1.82, 2.24) is 9.97 Å². The number of pyridine rings is 1. The summed E-state index contributed by atoms with van der Waals surface area (Å²) in [5.74, 6) is -0.283. The maximum Gasteiger partial charge on any atom is 0.299 e. The summed E-state index contributed by atoms with van der Waals surface area (Å²) in [4.78, 5) is 8.31. The number of hydrogen-bond donors (Lipinski definition) is 1. The van der Waals surface area contributed by atoms with Crippen LogP contribution in [0.2, 0.25) is 0 Å².